The van der Waals surface area contributed by atoms with Crippen molar-refractivity contribution in [1.82, 2.24) is 19.6 Å². The van der Waals surface area contributed by atoms with Gasteiger partial charge in [0, 0.05) is 25.8 Å². The minimum atomic E-state index is 0.210. The molecule has 1 aliphatic heterocycles. The average Bonchev–Trinajstić information content (AvgIpc) is 3.02. The van der Waals surface area contributed by atoms with Gasteiger partial charge >= 0.3 is 0 Å². The number of likely N-dealkylation sites (N-methyl/N-ethyl adjacent to an activating group) is 1. The van der Waals surface area contributed by atoms with Crippen molar-refractivity contribution in [2.45, 2.75) is 32.4 Å². The van der Waals surface area contributed by atoms with E-state index in [4.69, 9.17) is 0 Å². The third kappa shape index (κ3) is 4.23. The number of carbonyl (C=O) groups excluding carboxylic acids is 1. The van der Waals surface area contributed by atoms with Crippen LogP contribution in [-0.4, -0.2) is 52.2 Å². The highest BCUT2D eigenvalue weighted by atomic mass is 16.2. The van der Waals surface area contributed by atoms with E-state index in [1.165, 1.54) is 11.1 Å². The maximum absolute atomic E-state index is 12.6. The Bertz CT molecular complexity index is 667. The second-order valence-corrected chi connectivity index (χ2v) is 6.79. The van der Waals surface area contributed by atoms with Crippen LogP contribution in [0.15, 0.2) is 42.7 Å². The Morgan fingerprint density at radius 3 is 2.83 bits per heavy atom. The molecule has 2 heterocycles. The molecule has 0 bridgehead atoms. The monoisotopic (exact) mass is 326 g/mol. The molecule has 1 aliphatic rings. The predicted molar refractivity (Wildman–Crippen MR) is 94.6 cm³/mol. The molecule has 5 nitrogen and oxygen atoms in total. The van der Waals surface area contributed by atoms with Gasteiger partial charge in [0.1, 0.15) is 0 Å². The van der Waals surface area contributed by atoms with Crippen LogP contribution >= 0.6 is 0 Å². The molecule has 1 fully saturated rings. The molecule has 3 rings (SSSR count). The summed E-state index contributed by atoms with van der Waals surface area (Å²) >= 11 is 0. The van der Waals surface area contributed by atoms with E-state index in [1.54, 1.807) is 0 Å². The lowest BCUT2D eigenvalue weighted by atomic mass is 10.1. The maximum atomic E-state index is 12.6. The maximum Gasteiger partial charge on any atom is 0.236 e. The van der Waals surface area contributed by atoms with Crippen molar-refractivity contribution in [2.75, 3.05) is 26.7 Å². The first-order valence-electron chi connectivity index (χ1n) is 8.63. The first-order valence-corrected chi connectivity index (χ1v) is 8.63. The topological polar surface area (TPSA) is 41.4 Å². The van der Waals surface area contributed by atoms with Gasteiger partial charge < -0.3 is 4.90 Å². The summed E-state index contributed by atoms with van der Waals surface area (Å²) in [5.41, 5.74) is 2.40. The number of amides is 1. The largest absolute Gasteiger partial charge is 0.339 e. The van der Waals surface area contributed by atoms with Crippen LogP contribution in [0.4, 0.5) is 0 Å². The normalized spacial score (nSPS) is 18.1. The molecule has 1 amide bonds. The minimum absolute atomic E-state index is 0.210. The highest BCUT2D eigenvalue weighted by Crippen LogP contribution is 2.21. The number of piperidine rings is 1. The number of aryl methyl sites for hydroxylation is 1. The van der Waals surface area contributed by atoms with E-state index in [-0.39, 0.29) is 5.91 Å². The highest BCUT2D eigenvalue weighted by molar-refractivity contribution is 5.78. The van der Waals surface area contributed by atoms with Crippen LogP contribution in [0.3, 0.4) is 0 Å². The third-order valence-electron chi connectivity index (χ3n) is 4.55. The van der Waals surface area contributed by atoms with E-state index in [0.29, 0.717) is 12.6 Å². The van der Waals surface area contributed by atoms with Crippen molar-refractivity contribution >= 4 is 5.91 Å². The van der Waals surface area contributed by atoms with Crippen LogP contribution in [0, 0.1) is 6.92 Å². The molecule has 0 aliphatic carbocycles. The molecule has 0 spiro atoms. The lowest BCUT2D eigenvalue weighted by Crippen LogP contribution is -2.44. The molecule has 1 aromatic heterocycles. The summed E-state index contributed by atoms with van der Waals surface area (Å²) in [6.07, 6.45) is 6.08. The first kappa shape index (κ1) is 16.7. The van der Waals surface area contributed by atoms with Gasteiger partial charge in [-0.1, -0.05) is 30.3 Å². The van der Waals surface area contributed by atoms with E-state index < -0.39 is 0 Å². The van der Waals surface area contributed by atoms with Crippen LogP contribution in [0.25, 0.3) is 0 Å². The molecule has 1 aromatic carbocycles. The Labute approximate surface area is 143 Å². The third-order valence-corrected chi connectivity index (χ3v) is 4.55. The lowest BCUT2D eigenvalue weighted by Gasteiger charge is -2.34. The van der Waals surface area contributed by atoms with Crippen molar-refractivity contribution < 1.29 is 4.79 Å². The van der Waals surface area contributed by atoms with Crippen LogP contribution in [0.5, 0.6) is 0 Å². The Morgan fingerprint density at radius 2 is 2.12 bits per heavy atom. The molecule has 0 N–H and O–H groups in total. The van der Waals surface area contributed by atoms with Gasteiger partial charge in [-0.3, -0.25) is 14.4 Å². The van der Waals surface area contributed by atoms with Crippen molar-refractivity contribution in [3.8, 4) is 0 Å². The number of nitrogens with zero attached hydrogens (tertiary/aromatic N) is 4. The second-order valence-electron chi connectivity index (χ2n) is 6.79. The number of aromatic nitrogens is 2. The van der Waals surface area contributed by atoms with Gasteiger partial charge in [0.15, 0.2) is 0 Å². The first-order chi connectivity index (χ1) is 11.6. The van der Waals surface area contributed by atoms with Gasteiger partial charge in [-0.25, -0.2) is 0 Å². The summed E-state index contributed by atoms with van der Waals surface area (Å²) in [5, 5.41) is 4.42. The Hall–Kier alpha value is -2.14. The van der Waals surface area contributed by atoms with Gasteiger partial charge in [0.05, 0.1) is 18.8 Å². The summed E-state index contributed by atoms with van der Waals surface area (Å²) in [7, 11) is 2.00. The fraction of sp³-hybridized carbons (Fsp3) is 0.474. The molecule has 1 atom stereocenters. The van der Waals surface area contributed by atoms with E-state index in [9.17, 15) is 4.79 Å². The minimum Gasteiger partial charge on any atom is -0.339 e. The number of carbonyl (C=O) groups is 1. The Kier molecular flexibility index (Phi) is 5.30. The molecular weight excluding hydrogens is 300 g/mol. The molecule has 0 radical (unpaired) electrons. The van der Waals surface area contributed by atoms with E-state index in [2.05, 4.69) is 28.3 Å². The zero-order valence-electron chi connectivity index (χ0n) is 14.6. The molecule has 1 saturated heterocycles. The van der Waals surface area contributed by atoms with Gasteiger partial charge in [-0.05, 0) is 37.9 Å². The van der Waals surface area contributed by atoms with Crippen LogP contribution in [-0.2, 0) is 11.3 Å². The van der Waals surface area contributed by atoms with Gasteiger partial charge in [-0.15, -0.1) is 0 Å². The number of hydrogen-bond acceptors (Lipinski definition) is 3. The van der Waals surface area contributed by atoms with Gasteiger partial charge in [-0.2, -0.15) is 5.10 Å². The molecule has 24 heavy (non-hydrogen) atoms. The molecule has 1 unspecified atom stereocenters. The van der Waals surface area contributed by atoms with Crippen molar-refractivity contribution in [2.24, 2.45) is 0 Å². The van der Waals surface area contributed by atoms with E-state index in [0.717, 1.165) is 32.5 Å². The summed E-state index contributed by atoms with van der Waals surface area (Å²) in [6.45, 7) is 4.92. The average molecular weight is 326 g/mol. The molecule has 2 aromatic rings. The summed E-state index contributed by atoms with van der Waals surface area (Å²) < 4.78 is 2.02. The fourth-order valence-electron chi connectivity index (χ4n) is 3.31. The lowest BCUT2D eigenvalue weighted by molar-refractivity contribution is -0.133. The van der Waals surface area contributed by atoms with Crippen molar-refractivity contribution in [1.29, 1.82) is 0 Å². The number of benzene rings is 1. The Balaban J connectivity index is 1.54. The number of rotatable bonds is 5. The highest BCUT2D eigenvalue weighted by Gasteiger charge is 2.25. The number of likely N-dealkylation sites (tertiary alicyclic amines) is 1. The van der Waals surface area contributed by atoms with Crippen molar-refractivity contribution in [3.05, 3.63) is 53.9 Å². The zero-order chi connectivity index (χ0) is 16.9. The quantitative estimate of drug-likeness (QED) is 0.848. The fourth-order valence-corrected chi connectivity index (χ4v) is 3.31. The molecule has 128 valence electrons. The van der Waals surface area contributed by atoms with E-state index >= 15 is 0 Å². The van der Waals surface area contributed by atoms with Gasteiger partial charge in [0.2, 0.25) is 5.91 Å². The van der Waals surface area contributed by atoms with Crippen LogP contribution in [0.2, 0.25) is 0 Å². The SMILES string of the molecule is Cc1cnn(C2CCCN(C(=O)CN(C)Cc3ccccc3)C2)c1. The van der Waals surface area contributed by atoms with E-state index in [1.807, 2.05) is 47.9 Å². The van der Waals surface area contributed by atoms with Crippen LogP contribution in [0.1, 0.15) is 30.0 Å². The molecular formula is C19H26N4O. The smallest absolute Gasteiger partial charge is 0.236 e. The summed E-state index contributed by atoms with van der Waals surface area (Å²) in [5.74, 6) is 0.210. The summed E-state index contributed by atoms with van der Waals surface area (Å²) in [6, 6.07) is 10.6. The second kappa shape index (κ2) is 7.62. The van der Waals surface area contributed by atoms with Gasteiger partial charge in [0.25, 0.3) is 0 Å². The predicted octanol–water partition coefficient (Wildman–Crippen LogP) is 2.49. The zero-order valence-corrected chi connectivity index (χ0v) is 14.6. The number of hydrogen-bond donors (Lipinski definition) is 0. The van der Waals surface area contributed by atoms with Crippen LogP contribution < -0.4 is 0 Å². The summed E-state index contributed by atoms with van der Waals surface area (Å²) in [4.78, 5) is 16.7. The standard InChI is InChI=1S/C19H26N4O/c1-16-11-20-23(12-16)18-9-6-10-22(14-18)19(24)15-21(2)13-17-7-4-3-5-8-17/h3-5,7-8,11-12,18H,6,9-10,13-15H2,1-2H3. The molecule has 0 saturated carbocycles. The Morgan fingerprint density at radius 1 is 1.33 bits per heavy atom. The van der Waals surface area contributed by atoms with Crippen molar-refractivity contribution in [3.63, 3.8) is 0 Å². The molecule has 5 heteroatoms.